The molecule has 3 rings (SSSR count). The molecule has 10 heteroatoms. The monoisotopic (exact) mass is 478 g/mol. The smallest absolute Gasteiger partial charge is 0.417 e. The van der Waals surface area contributed by atoms with Gasteiger partial charge in [-0.25, -0.2) is 4.39 Å². The Bertz CT molecular complexity index is 932. The first kappa shape index (κ1) is 23.6. The highest BCUT2D eigenvalue weighted by atomic mass is 35.5. The van der Waals surface area contributed by atoms with Gasteiger partial charge >= 0.3 is 6.18 Å². The second-order valence-electron chi connectivity index (χ2n) is 7.15. The quantitative estimate of drug-likeness (QED) is 0.563. The van der Waals surface area contributed by atoms with Crippen LogP contribution in [0.2, 0.25) is 10.0 Å². The second-order valence-corrected chi connectivity index (χ2v) is 7.97. The van der Waals surface area contributed by atoms with E-state index in [1.165, 1.54) is 0 Å². The van der Waals surface area contributed by atoms with Crippen molar-refractivity contribution < 1.29 is 27.1 Å². The molecule has 1 N–H and O–H groups in total. The van der Waals surface area contributed by atoms with Crippen molar-refractivity contribution in [2.75, 3.05) is 26.2 Å². The van der Waals surface area contributed by atoms with E-state index < -0.39 is 29.0 Å². The van der Waals surface area contributed by atoms with E-state index in [2.05, 4.69) is 10.2 Å². The summed E-state index contributed by atoms with van der Waals surface area (Å²) >= 11 is 11.9. The van der Waals surface area contributed by atoms with Crippen LogP contribution in [0.1, 0.15) is 28.8 Å². The van der Waals surface area contributed by atoms with Gasteiger partial charge in [0.2, 0.25) is 0 Å². The molecule has 4 nitrogen and oxygen atoms in total. The molecule has 0 atom stereocenters. The number of likely N-dealkylation sites (tertiary alicyclic amines) is 1. The number of nitrogens with one attached hydrogen (secondary N) is 1. The van der Waals surface area contributed by atoms with Crippen molar-refractivity contribution >= 4 is 29.1 Å². The van der Waals surface area contributed by atoms with E-state index in [9.17, 15) is 22.4 Å². The lowest BCUT2D eigenvalue weighted by Gasteiger charge is -2.32. The van der Waals surface area contributed by atoms with Gasteiger partial charge in [-0.1, -0.05) is 29.3 Å². The average Bonchev–Trinajstić information content (AvgIpc) is 2.71. The molecule has 0 bridgehead atoms. The largest absolute Gasteiger partial charge is 0.490 e. The summed E-state index contributed by atoms with van der Waals surface area (Å²) in [4.78, 5) is 14.2. The minimum absolute atomic E-state index is 0.00385. The first-order valence-electron chi connectivity index (χ1n) is 9.63. The lowest BCUT2D eigenvalue weighted by molar-refractivity contribution is -0.138. The Balaban J connectivity index is 1.46. The van der Waals surface area contributed by atoms with Crippen molar-refractivity contribution in [3.8, 4) is 5.75 Å². The first-order chi connectivity index (χ1) is 14.6. The molecule has 0 aliphatic carbocycles. The summed E-state index contributed by atoms with van der Waals surface area (Å²) in [5, 5.41) is 3.24. The van der Waals surface area contributed by atoms with Crippen LogP contribution in [0.15, 0.2) is 36.4 Å². The third-order valence-electron chi connectivity index (χ3n) is 4.99. The third-order valence-corrected chi connectivity index (χ3v) is 5.73. The first-order valence-corrected chi connectivity index (χ1v) is 10.4. The van der Waals surface area contributed by atoms with Crippen molar-refractivity contribution in [3.63, 3.8) is 0 Å². The molecule has 1 aliphatic heterocycles. The number of amides is 1. The topological polar surface area (TPSA) is 41.6 Å². The van der Waals surface area contributed by atoms with Gasteiger partial charge in [-0.3, -0.25) is 4.79 Å². The Morgan fingerprint density at radius 3 is 2.48 bits per heavy atom. The van der Waals surface area contributed by atoms with Gasteiger partial charge in [0.05, 0.1) is 21.2 Å². The lowest BCUT2D eigenvalue weighted by atomic mass is 10.1. The standard InChI is InChI=1S/C21H20Cl2F4N2O2/c22-16-5-4-14(12-17(16)23)31-13-6-9-29(10-7-13)11-8-28-20(30)19-15(21(25,26)27)2-1-3-18(19)24/h1-5,12-13H,6-11H2,(H,28,30). The third kappa shape index (κ3) is 6.24. The molecular weight excluding hydrogens is 459 g/mol. The molecular formula is C21H20Cl2F4N2O2. The number of hydrogen-bond donors (Lipinski definition) is 1. The van der Waals surface area contributed by atoms with Gasteiger partial charge in [-0.2, -0.15) is 13.2 Å². The molecule has 2 aromatic carbocycles. The summed E-state index contributed by atoms with van der Waals surface area (Å²) in [5.74, 6) is -1.65. The van der Waals surface area contributed by atoms with Crippen molar-refractivity contribution in [1.82, 2.24) is 10.2 Å². The second kappa shape index (κ2) is 10.1. The number of ether oxygens (including phenoxy) is 1. The predicted molar refractivity (Wildman–Crippen MR) is 110 cm³/mol. The molecule has 2 aromatic rings. The van der Waals surface area contributed by atoms with Gasteiger partial charge in [0.1, 0.15) is 17.7 Å². The molecule has 1 aliphatic rings. The van der Waals surface area contributed by atoms with E-state index in [0.717, 1.165) is 25.0 Å². The number of halogens is 6. The molecule has 0 radical (unpaired) electrons. The number of carbonyl (C=O) groups excluding carboxylic acids is 1. The molecule has 1 heterocycles. The van der Waals surface area contributed by atoms with Crippen LogP contribution in [0, 0.1) is 5.82 Å². The number of benzene rings is 2. The molecule has 1 saturated heterocycles. The van der Waals surface area contributed by atoms with E-state index in [0.29, 0.717) is 41.5 Å². The van der Waals surface area contributed by atoms with E-state index in [1.54, 1.807) is 18.2 Å². The Labute approximate surface area is 187 Å². The number of alkyl halides is 3. The van der Waals surface area contributed by atoms with Crippen molar-refractivity contribution in [2.24, 2.45) is 0 Å². The summed E-state index contributed by atoms with van der Waals surface area (Å²) in [6.07, 6.45) is -3.35. The summed E-state index contributed by atoms with van der Waals surface area (Å²) in [7, 11) is 0. The van der Waals surface area contributed by atoms with E-state index in [-0.39, 0.29) is 12.6 Å². The van der Waals surface area contributed by atoms with Gasteiger partial charge in [0.25, 0.3) is 5.91 Å². The minimum Gasteiger partial charge on any atom is -0.490 e. The van der Waals surface area contributed by atoms with Crippen LogP contribution in [0.4, 0.5) is 17.6 Å². The zero-order valence-corrected chi connectivity index (χ0v) is 17.8. The maximum absolute atomic E-state index is 13.9. The zero-order chi connectivity index (χ0) is 22.6. The maximum atomic E-state index is 13.9. The molecule has 168 valence electrons. The van der Waals surface area contributed by atoms with Crippen LogP contribution < -0.4 is 10.1 Å². The molecule has 31 heavy (non-hydrogen) atoms. The number of piperidine rings is 1. The van der Waals surface area contributed by atoms with Crippen LogP contribution in [0.5, 0.6) is 5.75 Å². The van der Waals surface area contributed by atoms with Crippen molar-refractivity contribution in [3.05, 3.63) is 63.4 Å². The van der Waals surface area contributed by atoms with Gasteiger partial charge in [0.15, 0.2) is 0 Å². The van der Waals surface area contributed by atoms with Crippen LogP contribution in [0.25, 0.3) is 0 Å². The highest BCUT2D eigenvalue weighted by Gasteiger charge is 2.36. The fraction of sp³-hybridized carbons (Fsp3) is 0.381. The SMILES string of the molecule is O=C(NCCN1CCC(Oc2ccc(Cl)c(Cl)c2)CC1)c1c(F)cccc1C(F)(F)F. The summed E-state index contributed by atoms with van der Waals surface area (Å²) < 4.78 is 59.0. The number of hydrogen-bond acceptors (Lipinski definition) is 3. The number of nitrogens with zero attached hydrogens (tertiary/aromatic N) is 1. The van der Waals surface area contributed by atoms with Crippen LogP contribution in [-0.2, 0) is 6.18 Å². The average molecular weight is 479 g/mol. The van der Waals surface area contributed by atoms with E-state index >= 15 is 0 Å². The van der Waals surface area contributed by atoms with E-state index in [4.69, 9.17) is 27.9 Å². The number of carbonyl (C=O) groups is 1. The summed E-state index contributed by atoms with van der Waals surface area (Å²) in [6, 6.07) is 7.52. The predicted octanol–water partition coefficient (Wildman–Crippen LogP) is 5.42. The Kier molecular flexibility index (Phi) is 7.67. The lowest BCUT2D eigenvalue weighted by Crippen LogP contribution is -2.42. The normalized spacial score (nSPS) is 15.7. The Morgan fingerprint density at radius 2 is 1.84 bits per heavy atom. The van der Waals surface area contributed by atoms with Gasteiger partial charge < -0.3 is 15.0 Å². The zero-order valence-electron chi connectivity index (χ0n) is 16.3. The van der Waals surface area contributed by atoms with Crippen molar-refractivity contribution in [1.29, 1.82) is 0 Å². The maximum Gasteiger partial charge on any atom is 0.417 e. The van der Waals surface area contributed by atoms with Gasteiger partial charge in [-0.05, 0) is 37.1 Å². The van der Waals surface area contributed by atoms with Crippen LogP contribution >= 0.6 is 23.2 Å². The Morgan fingerprint density at radius 1 is 1.13 bits per heavy atom. The highest BCUT2D eigenvalue weighted by molar-refractivity contribution is 6.42. The number of rotatable bonds is 6. The molecule has 0 unspecified atom stereocenters. The molecule has 1 fully saturated rings. The molecule has 0 spiro atoms. The van der Waals surface area contributed by atoms with Gasteiger partial charge in [0, 0.05) is 32.2 Å². The molecule has 0 saturated carbocycles. The fourth-order valence-corrected chi connectivity index (χ4v) is 3.69. The fourth-order valence-electron chi connectivity index (χ4n) is 3.40. The summed E-state index contributed by atoms with van der Waals surface area (Å²) in [5.41, 5.74) is -2.27. The molecule has 0 aromatic heterocycles. The summed E-state index contributed by atoms with van der Waals surface area (Å²) in [6.45, 7) is 1.91. The molecule has 1 amide bonds. The van der Waals surface area contributed by atoms with Crippen LogP contribution in [0.3, 0.4) is 0 Å². The van der Waals surface area contributed by atoms with Crippen molar-refractivity contribution in [2.45, 2.75) is 25.1 Å². The highest BCUT2D eigenvalue weighted by Crippen LogP contribution is 2.33. The van der Waals surface area contributed by atoms with Crippen LogP contribution in [-0.4, -0.2) is 43.1 Å². The Hall–Kier alpha value is -2.03. The van der Waals surface area contributed by atoms with Gasteiger partial charge in [-0.15, -0.1) is 0 Å². The van der Waals surface area contributed by atoms with E-state index in [1.807, 2.05) is 0 Å². The minimum atomic E-state index is -4.81.